The molecule has 0 bridgehead atoms. The molecule has 3 aromatic rings. The van der Waals surface area contributed by atoms with Crippen LogP contribution in [0.5, 0.6) is 0 Å². The summed E-state index contributed by atoms with van der Waals surface area (Å²) < 4.78 is 32.8. The molecule has 0 amide bonds. The Balaban J connectivity index is 1.95. The summed E-state index contributed by atoms with van der Waals surface area (Å²) in [6.07, 6.45) is -0.126. The van der Waals surface area contributed by atoms with Gasteiger partial charge in [0.1, 0.15) is 23.0 Å². The monoisotopic (exact) mass is 388 g/mol. The molecule has 0 radical (unpaired) electrons. The number of carboxylic acid groups (broad SMARTS) is 1. The van der Waals surface area contributed by atoms with Crippen molar-refractivity contribution in [3.05, 3.63) is 65.9 Å². The zero-order valence-corrected chi connectivity index (χ0v) is 14.7. The number of furan rings is 1. The predicted molar refractivity (Wildman–Crippen MR) is 99.5 cm³/mol. The van der Waals surface area contributed by atoms with Gasteiger partial charge in [0.25, 0.3) is 0 Å². The van der Waals surface area contributed by atoms with Crippen molar-refractivity contribution in [3.63, 3.8) is 0 Å². The second-order valence-corrected chi connectivity index (χ2v) is 6.40. The zero-order chi connectivity index (χ0) is 20.3. The van der Waals surface area contributed by atoms with E-state index >= 15 is 0 Å². The van der Waals surface area contributed by atoms with E-state index in [0.29, 0.717) is 27.9 Å². The molecule has 1 aromatic heterocycles. The number of rotatable bonds is 7. The Bertz CT molecular complexity index is 1010. The standard InChI is InChI=1S/C21H18F2O5/c22-13-3-1-12(2-4-13)21-17-9-14(23)5-7-18(17)28-19(21)8-6-15(24)10-16(25)11-20(26)27/h1-9,15-16,24-25H,10-11H2,(H,26,27)/t15-,16-/m1/s1. The van der Waals surface area contributed by atoms with Crippen LogP contribution in [-0.4, -0.2) is 33.5 Å². The second kappa shape index (κ2) is 8.33. The molecule has 2 aromatic carbocycles. The van der Waals surface area contributed by atoms with Gasteiger partial charge in [0.05, 0.1) is 18.6 Å². The van der Waals surface area contributed by atoms with Crippen LogP contribution in [0.15, 0.2) is 53.0 Å². The Morgan fingerprint density at radius 3 is 2.43 bits per heavy atom. The third-order valence-electron chi connectivity index (χ3n) is 4.20. The van der Waals surface area contributed by atoms with Gasteiger partial charge < -0.3 is 19.7 Å². The van der Waals surface area contributed by atoms with E-state index in [1.807, 2.05) is 0 Å². The van der Waals surface area contributed by atoms with Crippen LogP contribution in [0, 0.1) is 11.6 Å². The molecule has 1 heterocycles. The molecule has 3 N–H and O–H groups in total. The molecule has 0 aliphatic rings. The third kappa shape index (κ3) is 4.62. The van der Waals surface area contributed by atoms with Gasteiger partial charge in [-0.3, -0.25) is 4.79 Å². The van der Waals surface area contributed by atoms with E-state index < -0.39 is 36.2 Å². The molecule has 5 nitrogen and oxygen atoms in total. The van der Waals surface area contributed by atoms with Crippen LogP contribution >= 0.6 is 0 Å². The number of aliphatic carboxylic acids is 1. The summed E-state index contributed by atoms with van der Waals surface area (Å²) in [5.74, 6) is -1.72. The number of fused-ring (bicyclic) bond motifs is 1. The Kier molecular flexibility index (Phi) is 5.87. The van der Waals surface area contributed by atoms with Crippen molar-refractivity contribution < 1.29 is 33.3 Å². The van der Waals surface area contributed by atoms with Crippen LogP contribution in [0.1, 0.15) is 18.6 Å². The Labute approximate surface area is 159 Å². The van der Waals surface area contributed by atoms with Gasteiger partial charge in [0.15, 0.2) is 0 Å². The van der Waals surface area contributed by atoms with E-state index in [9.17, 15) is 23.8 Å². The number of benzene rings is 2. The summed E-state index contributed by atoms with van der Waals surface area (Å²) in [7, 11) is 0. The number of hydrogen-bond acceptors (Lipinski definition) is 4. The van der Waals surface area contributed by atoms with Crippen molar-refractivity contribution in [3.8, 4) is 11.1 Å². The van der Waals surface area contributed by atoms with E-state index in [2.05, 4.69) is 0 Å². The number of carboxylic acids is 1. The van der Waals surface area contributed by atoms with Crippen molar-refractivity contribution >= 4 is 23.0 Å². The van der Waals surface area contributed by atoms with E-state index in [0.717, 1.165) is 0 Å². The quantitative estimate of drug-likeness (QED) is 0.570. The molecular weight excluding hydrogens is 370 g/mol. The van der Waals surface area contributed by atoms with E-state index in [-0.39, 0.29) is 6.42 Å². The molecule has 28 heavy (non-hydrogen) atoms. The molecule has 0 saturated carbocycles. The summed E-state index contributed by atoms with van der Waals surface area (Å²) in [6, 6.07) is 9.66. The van der Waals surface area contributed by atoms with Gasteiger partial charge in [-0.1, -0.05) is 18.2 Å². The smallest absolute Gasteiger partial charge is 0.305 e. The fourth-order valence-electron chi connectivity index (χ4n) is 2.96. The number of hydrogen-bond donors (Lipinski definition) is 3. The van der Waals surface area contributed by atoms with Crippen LogP contribution in [-0.2, 0) is 4.79 Å². The minimum Gasteiger partial charge on any atom is -0.481 e. The molecule has 0 aliphatic heterocycles. The van der Waals surface area contributed by atoms with Crippen molar-refractivity contribution in [2.75, 3.05) is 0 Å². The highest BCUT2D eigenvalue weighted by molar-refractivity contribution is 5.98. The van der Waals surface area contributed by atoms with Crippen LogP contribution < -0.4 is 0 Å². The maximum atomic E-state index is 13.7. The maximum Gasteiger partial charge on any atom is 0.305 e. The first-order chi connectivity index (χ1) is 13.3. The summed E-state index contributed by atoms with van der Waals surface area (Å²) in [5.41, 5.74) is 1.55. The molecule has 0 fully saturated rings. The molecule has 0 unspecified atom stereocenters. The van der Waals surface area contributed by atoms with Crippen molar-refractivity contribution in [1.82, 2.24) is 0 Å². The van der Waals surface area contributed by atoms with E-state index in [1.165, 1.54) is 54.6 Å². The van der Waals surface area contributed by atoms with Gasteiger partial charge in [0, 0.05) is 17.4 Å². The predicted octanol–water partition coefficient (Wildman–Crippen LogP) is 3.98. The minimum absolute atomic E-state index is 0.163. The molecule has 0 aliphatic carbocycles. The highest BCUT2D eigenvalue weighted by Gasteiger charge is 2.17. The maximum absolute atomic E-state index is 13.7. The first kappa shape index (κ1) is 19.7. The fraction of sp³-hybridized carbons (Fsp3) is 0.190. The van der Waals surface area contributed by atoms with Crippen LogP contribution in [0.4, 0.5) is 8.78 Å². The lowest BCUT2D eigenvalue weighted by molar-refractivity contribution is -0.139. The molecular formula is C21H18F2O5. The SMILES string of the molecule is O=C(O)C[C@H](O)C[C@H](O)C=Cc1oc2ccc(F)cc2c1-c1ccc(F)cc1. The number of aliphatic hydroxyl groups excluding tert-OH is 2. The third-order valence-corrected chi connectivity index (χ3v) is 4.20. The van der Waals surface area contributed by atoms with Crippen LogP contribution in [0.3, 0.4) is 0 Å². The molecule has 2 atom stereocenters. The highest BCUT2D eigenvalue weighted by atomic mass is 19.1. The lowest BCUT2D eigenvalue weighted by Gasteiger charge is -2.10. The molecule has 0 spiro atoms. The highest BCUT2D eigenvalue weighted by Crippen LogP contribution is 2.36. The summed E-state index contributed by atoms with van der Waals surface area (Å²) in [4.78, 5) is 10.6. The van der Waals surface area contributed by atoms with Gasteiger partial charge in [-0.15, -0.1) is 0 Å². The lowest BCUT2D eigenvalue weighted by atomic mass is 10.0. The van der Waals surface area contributed by atoms with E-state index in [1.54, 1.807) is 0 Å². The summed E-state index contributed by atoms with van der Waals surface area (Å²) in [5, 5.41) is 28.8. The fourth-order valence-corrected chi connectivity index (χ4v) is 2.96. The minimum atomic E-state index is -1.20. The Morgan fingerprint density at radius 1 is 1.07 bits per heavy atom. The van der Waals surface area contributed by atoms with Gasteiger partial charge in [-0.2, -0.15) is 0 Å². The van der Waals surface area contributed by atoms with Gasteiger partial charge >= 0.3 is 5.97 Å². The first-order valence-electron chi connectivity index (χ1n) is 8.57. The molecule has 7 heteroatoms. The average molecular weight is 388 g/mol. The average Bonchev–Trinajstić information content (AvgIpc) is 2.97. The first-order valence-corrected chi connectivity index (χ1v) is 8.57. The van der Waals surface area contributed by atoms with Gasteiger partial charge in [-0.05, 0) is 42.0 Å². The summed E-state index contributed by atoms with van der Waals surface area (Å²) in [6.45, 7) is 0. The number of carbonyl (C=O) groups is 1. The number of aliphatic hydroxyl groups is 2. The van der Waals surface area contributed by atoms with Gasteiger partial charge in [-0.25, -0.2) is 8.78 Å². The number of halogens is 2. The van der Waals surface area contributed by atoms with Crippen LogP contribution in [0.25, 0.3) is 28.2 Å². The Hall–Kier alpha value is -3.03. The van der Waals surface area contributed by atoms with Crippen molar-refractivity contribution in [2.24, 2.45) is 0 Å². The zero-order valence-electron chi connectivity index (χ0n) is 14.7. The lowest BCUT2D eigenvalue weighted by Crippen LogP contribution is -2.19. The topological polar surface area (TPSA) is 90.9 Å². The summed E-state index contributed by atoms with van der Waals surface area (Å²) >= 11 is 0. The van der Waals surface area contributed by atoms with Gasteiger partial charge in [0.2, 0.25) is 0 Å². The molecule has 3 rings (SSSR count). The molecule has 0 saturated heterocycles. The van der Waals surface area contributed by atoms with Crippen molar-refractivity contribution in [1.29, 1.82) is 0 Å². The Morgan fingerprint density at radius 2 is 1.75 bits per heavy atom. The van der Waals surface area contributed by atoms with E-state index in [4.69, 9.17) is 9.52 Å². The van der Waals surface area contributed by atoms with Crippen molar-refractivity contribution in [2.45, 2.75) is 25.0 Å². The normalized spacial score (nSPS) is 13.9. The van der Waals surface area contributed by atoms with Crippen LogP contribution in [0.2, 0.25) is 0 Å². The second-order valence-electron chi connectivity index (χ2n) is 6.40. The largest absolute Gasteiger partial charge is 0.481 e. The molecule has 146 valence electrons.